The van der Waals surface area contributed by atoms with Gasteiger partial charge in [0.15, 0.2) is 0 Å². The molecule has 0 aliphatic heterocycles. The summed E-state index contributed by atoms with van der Waals surface area (Å²) in [6.07, 6.45) is 2.55. The minimum Gasteiger partial charge on any atom is -0.472 e. The largest absolute Gasteiger partial charge is 0.472 e. The number of hydrogen-bond donors (Lipinski definition) is 0. The van der Waals surface area contributed by atoms with Crippen molar-refractivity contribution < 1.29 is 14.3 Å². The lowest BCUT2D eigenvalue weighted by atomic mass is 10.2. The number of nitrogens with zero attached hydrogens (tertiary/aromatic N) is 2. The van der Waals surface area contributed by atoms with Crippen LogP contribution in [0.25, 0.3) is 10.9 Å². The number of hydrogen-bond acceptors (Lipinski definition) is 4. The molecule has 0 N–H and O–H groups in total. The maximum Gasteiger partial charge on any atom is 0.435 e. The lowest BCUT2D eigenvalue weighted by Gasteiger charge is -2.01. The van der Waals surface area contributed by atoms with Crippen molar-refractivity contribution in [2.75, 3.05) is 13.2 Å². The second kappa shape index (κ2) is 5.86. The average molecular weight is 258 g/mol. The molecule has 0 aliphatic rings. The summed E-state index contributed by atoms with van der Waals surface area (Å²) in [7, 11) is 0. The highest BCUT2D eigenvalue weighted by molar-refractivity contribution is 5.91. The fourth-order valence-electron chi connectivity index (χ4n) is 1.61. The van der Waals surface area contributed by atoms with Crippen LogP contribution >= 0.6 is 0 Å². The van der Waals surface area contributed by atoms with Crippen LogP contribution in [0.1, 0.15) is 0 Å². The Kier molecular flexibility index (Phi) is 3.97. The average Bonchev–Trinajstić information content (AvgIpc) is 2.81. The zero-order chi connectivity index (χ0) is 13.7. The summed E-state index contributed by atoms with van der Waals surface area (Å²) in [5, 5.41) is 4.87. The molecule has 5 nitrogen and oxygen atoms in total. The molecule has 98 valence electrons. The molecule has 0 aliphatic carbocycles. The van der Waals surface area contributed by atoms with E-state index < -0.39 is 6.09 Å². The van der Waals surface area contributed by atoms with E-state index in [1.165, 1.54) is 10.8 Å². The SMILES string of the molecule is C=CCOC(=O)n1nc(OCC=C)c2ccccc21. The Morgan fingerprint density at radius 2 is 2.00 bits per heavy atom. The van der Waals surface area contributed by atoms with Gasteiger partial charge >= 0.3 is 6.09 Å². The van der Waals surface area contributed by atoms with E-state index in [0.717, 1.165) is 5.39 Å². The Balaban J connectivity index is 2.40. The summed E-state index contributed by atoms with van der Waals surface area (Å²) in [4.78, 5) is 11.9. The number of carbonyl (C=O) groups excluding carboxylic acids is 1. The van der Waals surface area contributed by atoms with Gasteiger partial charge in [0.1, 0.15) is 13.2 Å². The molecule has 0 atom stereocenters. The molecule has 0 saturated heterocycles. The van der Waals surface area contributed by atoms with Gasteiger partial charge in [-0.15, -0.1) is 5.10 Å². The van der Waals surface area contributed by atoms with Crippen molar-refractivity contribution in [2.45, 2.75) is 0 Å². The molecule has 5 heteroatoms. The zero-order valence-electron chi connectivity index (χ0n) is 10.4. The summed E-state index contributed by atoms with van der Waals surface area (Å²) < 4.78 is 11.6. The van der Waals surface area contributed by atoms with Crippen LogP contribution in [0, 0.1) is 0 Å². The van der Waals surface area contributed by atoms with Crippen molar-refractivity contribution in [3.05, 3.63) is 49.6 Å². The molecule has 1 heterocycles. The van der Waals surface area contributed by atoms with Crippen LogP contribution in [0.2, 0.25) is 0 Å². The predicted molar refractivity (Wildman–Crippen MR) is 72.4 cm³/mol. The van der Waals surface area contributed by atoms with E-state index in [9.17, 15) is 4.79 Å². The number of fused-ring (bicyclic) bond motifs is 1. The first kappa shape index (κ1) is 12.9. The van der Waals surface area contributed by atoms with Gasteiger partial charge < -0.3 is 9.47 Å². The van der Waals surface area contributed by atoms with Crippen molar-refractivity contribution in [3.8, 4) is 5.88 Å². The van der Waals surface area contributed by atoms with E-state index in [1.807, 2.05) is 18.2 Å². The maximum absolute atomic E-state index is 11.9. The molecule has 0 spiro atoms. The summed E-state index contributed by atoms with van der Waals surface area (Å²) in [6.45, 7) is 7.52. The van der Waals surface area contributed by atoms with Crippen LogP contribution in [0.5, 0.6) is 5.88 Å². The Labute approximate surface area is 110 Å². The van der Waals surface area contributed by atoms with Gasteiger partial charge in [-0.3, -0.25) is 0 Å². The molecule has 2 aromatic rings. The molecule has 0 radical (unpaired) electrons. The molecule has 0 bridgehead atoms. The first-order valence-electron chi connectivity index (χ1n) is 5.77. The number of benzene rings is 1. The van der Waals surface area contributed by atoms with Gasteiger partial charge in [-0.25, -0.2) is 4.79 Å². The highest BCUT2D eigenvalue weighted by Crippen LogP contribution is 2.24. The molecular formula is C14H14N2O3. The monoisotopic (exact) mass is 258 g/mol. The van der Waals surface area contributed by atoms with Crippen LogP contribution in [0.15, 0.2) is 49.6 Å². The molecule has 0 unspecified atom stereocenters. The van der Waals surface area contributed by atoms with Crippen LogP contribution in [0.4, 0.5) is 4.79 Å². The van der Waals surface area contributed by atoms with Crippen molar-refractivity contribution >= 4 is 17.0 Å². The van der Waals surface area contributed by atoms with Gasteiger partial charge in [-0.1, -0.05) is 37.4 Å². The third-order valence-corrected chi connectivity index (χ3v) is 2.39. The molecule has 19 heavy (non-hydrogen) atoms. The maximum atomic E-state index is 11.9. The molecule has 1 aromatic heterocycles. The Bertz CT molecular complexity index is 616. The van der Waals surface area contributed by atoms with Crippen LogP contribution in [-0.2, 0) is 4.74 Å². The molecule has 0 amide bonds. The third kappa shape index (κ3) is 2.65. The number of ether oxygens (including phenoxy) is 2. The van der Waals surface area contributed by atoms with Crippen molar-refractivity contribution in [1.29, 1.82) is 0 Å². The van der Waals surface area contributed by atoms with E-state index in [1.54, 1.807) is 12.1 Å². The Hall–Kier alpha value is -2.56. The first-order chi connectivity index (χ1) is 9.27. The van der Waals surface area contributed by atoms with Gasteiger partial charge in [-0.05, 0) is 12.1 Å². The van der Waals surface area contributed by atoms with Gasteiger partial charge in [0.25, 0.3) is 0 Å². The second-order valence-corrected chi connectivity index (χ2v) is 3.70. The lowest BCUT2D eigenvalue weighted by Crippen LogP contribution is -2.15. The smallest absolute Gasteiger partial charge is 0.435 e. The number of aromatic nitrogens is 2. The van der Waals surface area contributed by atoms with E-state index in [0.29, 0.717) is 18.0 Å². The molecule has 0 fully saturated rings. The lowest BCUT2D eigenvalue weighted by molar-refractivity contribution is 0.157. The zero-order valence-corrected chi connectivity index (χ0v) is 10.4. The highest BCUT2D eigenvalue weighted by Gasteiger charge is 2.16. The van der Waals surface area contributed by atoms with E-state index in [2.05, 4.69) is 18.3 Å². The summed E-state index contributed by atoms with van der Waals surface area (Å²) >= 11 is 0. The number of para-hydroxylation sites is 1. The summed E-state index contributed by atoms with van der Waals surface area (Å²) in [5.41, 5.74) is 0.635. The van der Waals surface area contributed by atoms with Gasteiger partial charge in [-0.2, -0.15) is 4.68 Å². The van der Waals surface area contributed by atoms with E-state index >= 15 is 0 Å². The van der Waals surface area contributed by atoms with Crippen LogP contribution < -0.4 is 4.74 Å². The second-order valence-electron chi connectivity index (χ2n) is 3.70. The Morgan fingerprint density at radius 1 is 1.26 bits per heavy atom. The van der Waals surface area contributed by atoms with Crippen LogP contribution in [-0.4, -0.2) is 29.1 Å². The van der Waals surface area contributed by atoms with Crippen molar-refractivity contribution in [2.24, 2.45) is 0 Å². The van der Waals surface area contributed by atoms with Gasteiger partial charge in [0.2, 0.25) is 5.88 Å². The van der Waals surface area contributed by atoms with Crippen molar-refractivity contribution in [3.63, 3.8) is 0 Å². The van der Waals surface area contributed by atoms with E-state index in [4.69, 9.17) is 9.47 Å². The molecule has 1 aromatic carbocycles. The molecule has 0 saturated carbocycles. The highest BCUT2D eigenvalue weighted by atomic mass is 16.6. The van der Waals surface area contributed by atoms with Crippen molar-refractivity contribution in [1.82, 2.24) is 9.78 Å². The fourth-order valence-corrected chi connectivity index (χ4v) is 1.61. The third-order valence-electron chi connectivity index (χ3n) is 2.39. The van der Waals surface area contributed by atoms with Gasteiger partial charge in [0.05, 0.1) is 10.9 Å². The van der Waals surface area contributed by atoms with E-state index in [-0.39, 0.29) is 6.61 Å². The molecule has 2 rings (SSSR count). The first-order valence-corrected chi connectivity index (χ1v) is 5.77. The number of rotatable bonds is 5. The van der Waals surface area contributed by atoms with Crippen LogP contribution in [0.3, 0.4) is 0 Å². The summed E-state index contributed by atoms with van der Waals surface area (Å²) in [5.74, 6) is 0.381. The minimum absolute atomic E-state index is 0.135. The van der Waals surface area contributed by atoms with Gasteiger partial charge in [0, 0.05) is 0 Å². The fraction of sp³-hybridized carbons (Fsp3) is 0.143. The number of carbonyl (C=O) groups is 1. The standard InChI is InChI=1S/C14H14N2O3/c1-3-9-18-13-11-7-5-6-8-12(11)16(15-13)14(17)19-10-4-2/h3-8H,1-2,9-10H2. The quantitative estimate of drug-likeness (QED) is 0.774. The predicted octanol–water partition coefficient (Wildman–Crippen LogP) is 2.77. The topological polar surface area (TPSA) is 53.4 Å². The minimum atomic E-state index is -0.565. The normalized spacial score (nSPS) is 10.1. The Morgan fingerprint density at radius 3 is 2.74 bits per heavy atom. The molecular weight excluding hydrogens is 244 g/mol. The summed E-state index contributed by atoms with van der Waals surface area (Å²) in [6, 6.07) is 7.28.